The number of nitrogens with one attached hydrogen (secondary N) is 1. The number of methoxy groups -OCH3 is 1. The molecule has 3 heteroatoms. The van der Waals surface area contributed by atoms with Gasteiger partial charge in [-0.15, -0.1) is 0 Å². The summed E-state index contributed by atoms with van der Waals surface area (Å²) in [5.41, 5.74) is 2.54. The Labute approximate surface area is 116 Å². The highest BCUT2D eigenvalue weighted by Gasteiger charge is 2.37. The lowest BCUT2D eigenvalue weighted by molar-refractivity contribution is -0.0100. The van der Waals surface area contributed by atoms with Crippen LogP contribution < -0.4 is 10.1 Å². The lowest BCUT2D eigenvalue weighted by Gasteiger charge is -2.38. The summed E-state index contributed by atoms with van der Waals surface area (Å²) in [5, 5.41) is 14.3. The van der Waals surface area contributed by atoms with E-state index in [1.807, 2.05) is 13.1 Å². The lowest BCUT2D eigenvalue weighted by atomic mass is 9.75. The van der Waals surface area contributed by atoms with Crippen LogP contribution in [0, 0.1) is 13.8 Å². The van der Waals surface area contributed by atoms with Crippen molar-refractivity contribution >= 4 is 0 Å². The summed E-state index contributed by atoms with van der Waals surface area (Å²) in [6, 6.07) is 4.67. The molecule has 1 aliphatic rings. The highest BCUT2D eigenvalue weighted by molar-refractivity contribution is 5.46. The third-order valence-electron chi connectivity index (χ3n) is 4.35. The first-order chi connectivity index (χ1) is 9.00. The second-order valence-corrected chi connectivity index (χ2v) is 5.75. The van der Waals surface area contributed by atoms with E-state index in [2.05, 4.69) is 25.2 Å². The molecule has 2 N–H and O–H groups in total. The maximum absolute atomic E-state index is 11.0. The summed E-state index contributed by atoms with van der Waals surface area (Å²) in [5.74, 6) is 0.822. The van der Waals surface area contributed by atoms with E-state index >= 15 is 0 Å². The molecule has 0 saturated heterocycles. The first-order valence-corrected chi connectivity index (χ1v) is 7.05. The van der Waals surface area contributed by atoms with Gasteiger partial charge in [-0.1, -0.05) is 6.07 Å². The number of hydrogen-bond donors (Lipinski definition) is 2. The van der Waals surface area contributed by atoms with E-state index in [-0.39, 0.29) is 0 Å². The molecule has 0 aliphatic heterocycles. The molecule has 1 aliphatic carbocycles. The zero-order valence-electron chi connectivity index (χ0n) is 12.4. The number of benzene rings is 1. The highest BCUT2D eigenvalue weighted by atomic mass is 16.5. The van der Waals surface area contributed by atoms with Gasteiger partial charge >= 0.3 is 0 Å². The van der Waals surface area contributed by atoms with Crippen LogP contribution >= 0.6 is 0 Å². The summed E-state index contributed by atoms with van der Waals surface area (Å²) in [6.45, 7) is 4.12. The molecule has 0 heterocycles. The van der Waals surface area contributed by atoms with Crippen LogP contribution in [-0.2, 0) is 5.60 Å². The Bertz CT molecular complexity index is 448. The van der Waals surface area contributed by atoms with Crippen molar-refractivity contribution in [1.82, 2.24) is 5.32 Å². The number of hydrogen-bond acceptors (Lipinski definition) is 3. The summed E-state index contributed by atoms with van der Waals surface area (Å²) in [4.78, 5) is 0. The maximum atomic E-state index is 11.0. The average molecular weight is 263 g/mol. The fraction of sp³-hybridized carbons (Fsp3) is 0.625. The molecule has 106 valence electrons. The first-order valence-electron chi connectivity index (χ1n) is 7.05. The number of ether oxygens (including phenoxy) is 1. The minimum Gasteiger partial charge on any atom is -0.496 e. The van der Waals surface area contributed by atoms with E-state index < -0.39 is 5.60 Å². The first kappa shape index (κ1) is 14.4. The van der Waals surface area contributed by atoms with Gasteiger partial charge in [0, 0.05) is 11.6 Å². The number of aryl methyl sites for hydroxylation is 2. The smallest absolute Gasteiger partial charge is 0.125 e. The van der Waals surface area contributed by atoms with Crippen LogP contribution in [0.25, 0.3) is 0 Å². The molecule has 2 rings (SSSR count). The van der Waals surface area contributed by atoms with E-state index in [1.54, 1.807) is 7.11 Å². The van der Waals surface area contributed by atoms with Gasteiger partial charge in [0.05, 0.1) is 12.7 Å². The summed E-state index contributed by atoms with van der Waals surface area (Å²) in [6.07, 6.45) is 3.59. The van der Waals surface area contributed by atoms with Gasteiger partial charge in [0.1, 0.15) is 5.75 Å². The summed E-state index contributed by atoms with van der Waals surface area (Å²) >= 11 is 0. The Balaban J connectivity index is 2.36. The van der Waals surface area contributed by atoms with Crippen LogP contribution in [0.15, 0.2) is 12.1 Å². The van der Waals surface area contributed by atoms with Gasteiger partial charge in [0.15, 0.2) is 0 Å². The number of aliphatic hydroxyl groups is 1. The van der Waals surface area contributed by atoms with Crippen LogP contribution in [0.1, 0.15) is 42.4 Å². The van der Waals surface area contributed by atoms with Gasteiger partial charge in [0.25, 0.3) is 0 Å². The molecule has 1 aromatic rings. The molecule has 1 aromatic carbocycles. The molecule has 0 amide bonds. The van der Waals surface area contributed by atoms with E-state index in [4.69, 9.17) is 4.74 Å². The van der Waals surface area contributed by atoms with Crippen LogP contribution in [0.2, 0.25) is 0 Å². The second-order valence-electron chi connectivity index (χ2n) is 5.75. The molecule has 0 spiro atoms. The van der Waals surface area contributed by atoms with Crippen molar-refractivity contribution in [3.8, 4) is 5.75 Å². The van der Waals surface area contributed by atoms with E-state index in [0.717, 1.165) is 42.6 Å². The molecule has 0 unspecified atom stereocenters. The third kappa shape index (κ3) is 2.77. The summed E-state index contributed by atoms with van der Waals surface area (Å²) < 4.78 is 5.50. The molecule has 0 bridgehead atoms. The molecular weight excluding hydrogens is 238 g/mol. The van der Waals surface area contributed by atoms with Gasteiger partial charge in [-0.3, -0.25) is 0 Å². The standard InChI is InChI=1S/C16H25NO2/c1-11-9-12(2)15(14(10-11)19-4)16(18)7-5-13(17-3)6-8-16/h9-10,13,17-18H,5-8H2,1-4H3. The fourth-order valence-electron chi connectivity index (χ4n) is 3.32. The predicted octanol–water partition coefficient (Wildman–Crippen LogP) is 2.66. The van der Waals surface area contributed by atoms with Crippen molar-refractivity contribution in [2.45, 2.75) is 51.2 Å². The Morgan fingerprint density at radius 3 is 2.42 bits per heavy atom. The molecule has 19 heavy (non-hydrogen) atoms. The summed E-state index contributed by atoms with van der Waals surface area (Å²) in [7, 11) is 3.67. The lowest BCUT2D eigenvalue weighted by Crippen LogP contribution is -2.39. The molecule has 0 atom stereocenters. The Kier molecular flexibility index (Phi) is 4.16. The van der Waals surface area contributed by atoms with E-state index in [1.165, 1.54) is 5.56 Å². The van der Waals surface area contributed by atoms with Gasteiger partial charge in [0.2, 0.25) is 0 Å². The van der Waals surface area contributed by atoms with Crippen molar-refractivity contribution in [3.05, 3.63) is 28.8 Å². The minimum absolute atomic E-state index is 0.525. The van der Waals surface area contributed by atoms with Crippen LogP contribution in [-0.4, -0.2) is 25.3 Å². The monoisotopic (exact) mass is 263 g/mol. The quantitative estimate of drug-likeness (QED) is 0.881. The van der Waals surface area contributed by atoms with Gasteiger partial charge < -0.3 is 15.2 Å². The molecule has 0 aromatic heterocycles. The van der Waals surface area contributed by atoms with Gasteiger partial charge in [-0.2, -0.15) is 0 Å². The topological polar surface area (TPSA) is 41.5 Å². The van der Waals surface area contributed by atoms with Crippen LogP contribution in [0.3, 0.4) is 0 Å². The Morgan fingerprint density at radius 2 is 1.89 bits per heavy atom. The third-order valence-corrected chi connectivity index (χ3v) is 4.35. The average Bonchev–Trinajstić information content (AvgIpc) is 2.38. The van der Waals surface area contributed by atoms with E-state index in [0.29, 0.717) is 6.04 Å². The van der Waals surface area contributed by atoms with Crippen molar-refractivity contribution in [2.75, 3.05) is 14.2 Å². The van der Waals surface area contributed by atoms with Crippen LogP contribution in [0.4, 0.5) is 0 Å². The molecule has 1 fully saturated rings. The minimum atomic E-state index is -0.740. The van der Waals surface area contributed by atoms with E-state index in [9.17, 15) is 5.11 Å². The van der Waals surface area contributed by atoms with Crippen LogP contribution in [0.5, 0.6) is 5.75 Å². The number of rotatable bonds is 3. The Morgan fingerprint density at radius 1 is 1.26 bits per heavy atom. The van der Waals surface area contributed by atoms with Gasteiger partial charge in [-0.05, 0) is 63.8 Å². The van der Waals surface area contributed by atoms with Crippen molar-refractivity contribution < 1.29 is 9.84 Å². The van der Waals surface area contributed by atoms with Crippen molar-refractivity contribution in [1.29, 1.82) is 0 Å². The maximum Gasteiger partial charge on any atom is 0.125 e. The molecule has 0 radical (unpaired) electrons. The molecule has 3 nitrogen and oxygen atoms in total. The molecule has 1 saturated carbocycles. The van der Waals surface area contributed by atoms with Crippen molar-refractivity contribution in [2.24, 2.45) is 0 Å². The second kappa shape index (κ2) is 5.51. The molecular formula is C16H25NO2. The predicted molar refractivity (Wildman–Crippen MR) is 77.7 cm³/mol. The highest BCUT2D eigenvalue weighted by Crippen LogP contribution is 2.43. The largest absolute Gasteiger partial charge is 0.496 e. The normalized spacial score (nSPS) is 27.3. The van der Waals surface area contributed by atoms with Crippen molar-refractivity contribution in [3.63, 3.8) is 0 Å². The SMILES string of the molecule is CNC1CCC(O)(c2c(C)cc(C)cc2OC)CC1. The van der Waals surface area contributed by atoms with Gasteiger partial charge in [-0.25, -0.2) is 0 Å². The zero-order chi connectivity index (χ0) is 14.0. The fourth-order valence-corrected chi connectivity index (χ4v) is 3.32. The Hall–Kier alpha value is -1.06. The zero-order valence-corrected chi connectivity index (χ0v) is 12.4.